The third-order valence-electron chi connectivity index (χ3n) is 10.4. The molecule has 0 radical (unpaired) electrons. The van der Waals surface area contributed by atoms with Crippen molar-refractivity contribution in [2.24, 2.45) is 11.8 Å². The van der Waals surface area contributed by atoms with Gasteiger partial charge >= 0.3 is 276 Å². The van der Waals surface area contributed by atoms with Gasteiger partial charge in [0.15, 0.2) is 0 Å². The molecule has 2 aliphatic rings. The monoisotopic (exact) mass is 713 g/mol. The first-order valence-electron chi connectivity index (χ1n) is 16.3. The number of halogens is 2. The zero-order chi connectivity index (χ0) is 31.2. The summed E-state index contributed by atoms with van der Waals surface area (Å²) in [6.45, 7) is 14.3. The van der Waals surface area contributed by atoms with Crippen molar-refractivity contribution in [3.63, 3.8) is 0 Å². The van der Waals surface area contributed by atoms with Gasteiger partial charge in [0.05, 0.1) is 0 Å². The standard InChI is InChI=1S/2C19H19.C2H7Si.2ClH.Zr/c2*1-14(2)18-12-17-10-6-9-16(19(17)13-18)11-15-7-4-3-5-8-15;1-3-2;;;/h2*3-10,12-14H,11H2,1-2H3;3H,1-2H3;2*1H;/q;;;;;+2/p-2. The van der Waals surface area contributed by atoms with Crippen LogP contribution in [0.15, 0.2) is 108 Å². The summed E-state index contributed by atoms with van der Waals surface area (Å²) in [6.07, 6.45) is 6.83. The van der Waals surface area contributed by atoms with Crippen molar-refractivity contribution in [3.8, 4) is 0 Å². The zero-order valence-electron chi connectivity index (χ0n) is 26.9. The van der Waals surface area contributed by atoms with Crippen LogP contribution < -0.4 is 0 Å². The molecule has 0 saturated carbocycles. The molecule has 2 unspecified atom stereocenters. The Bertz CT molecular complexity index is 1610. The molecule has 0 bridgehead atoms. The molecular formula is C40H45Cl2SiZr. The van der Waals surface area contributed by atoms with Crippen LogP contribution >= 0.6 is 17.0 Å². The SMILES string of the molecule is CC(C)C1=Cc2c(Cc3ccccc3)cccc2[CH]1[Zr]([Cl])([Cl])([CH]1C(C(C)C)=Cc2c(Cc3ccccc3)cccc21)[SiH](C)C. The van der Waals surface area contributed by atoms with Crippen LogP contribution in [0.3, 0.4) is 0 Å². The molecule has 0 nitrogen and oxygen atoms in total. The van der Waals surface area contributed by atoms with Gasteiger partial charge in [0.1, 0.15) is 0 Å². The Hall–Kier alpha value is -1.96. The van der Waals surface area contributed by atoms with E-state index < -0.39 is 21.5 Å². The Balaban J connectivity index is 1.54. The Labute approximate surface area is 274 Å². The summed E-state index contributed by atoms with van der Waals surface area (Å²) in [5, 5.41) is 0. The molecule has 2 atom stereocenters. The average Bonchev–Trinajstić information content (AvgIpc) is 3.61. The average molecular weight is 716 g/mol. The molecule has 0 aromatic heterocycles. The van der Waals surface area contributed by atoms with Crippen molar-refractivity contribution < 1.29 is 15.6 Å². The molecule has 4 heteroatoms. The Kier molecular flexibility index (Phi) is 8.97. The van der Waals surface area contributed by atoms with Gasteiger partial charge in [0.25, 0.3) is 0 Å². The second kappa shape index (κ2) is 12.3. The molecule has 6 rings (SSSR count). The van der Waals surface area contributed by atoms with E-state index in [4.69, 9.17) is 17.0 Å². The fraction of sp³-hybridized carbons (Fsp3) is 0.300. The molecule has 44 heavy (non-hydrogen) atoms. The maximum atomic E-state index is 8.66. The van der Waals surface area contributed by atoms with Gasteiger partial charge in [-0.25, -0.2) is 0 Å². The minimum absolute atomic E-state index is 0.119. The summed E-state index contributed by atoms with van der Waals surface area (Å²) in [7, 11) is 17.3. The molecule has 0 saturated heterocycles. The van der Waals surface area contributed by atoms with E-state index in [9.17, 15) is 0 Å². The second-order valence-electron chi connectivity index (χ2n) is 14.0. The van der Waals surface area contributed by atoms with Crippen molar-refractivity contribution in [2.75, 3.05) is 0 Å². The van der Waals surface area contributed by atoms with Gasteiger partial charge in [0.2, 0.25) is 0 Å². The van der Waals surface area contributed by atoms with E-state index in [-0.39, 0.29) is 7.25 Å². The zero-order valence-corrected chi connectivity index (χ0v) is 32.1. The Morgan fingerprint density at radius 1 is 0.568 bits per heavy atom. The van der Waals surface area contributed by atoms with Gasteiger partial charge in [-0.2, -0.15) is 0 Å². The van der Waals surface area contributed by atoms with E-state index in [0.717, 1.165) is 12.8 Å². The van der Waals surface area contributed by atoms with Crippen LogP contribution in [-0.2, 0) is 28.4 Å². The summed E-state index contributed by atoms with van der Waals surface area (Å²) in [5.74, 6) is -0.873. The van der Waals surface area contributed by atoms with Crippen molar-refractivity contribution >= 4 is 35.1 Å². The Morgan fingerprint density at radius 2 is 0.955 bits per heavy atom. The van der Waals surface area contributed by atoms with E-state index >= 15 is 0 Å². The third kappa shape index (κ3) is 5.43. The number of rotatable bonds is 9. The summed E-state index contributed by atoms with van der Waals surface area (Å²) in [5.41, 5.74) is 13.8. The van der Waals surface area contributed by atoms with E-state index in [2.05, 4.69) is 150 Å². The molecule has 0 fully saturated rings. The van der Waals surface area contributed by atoms with Gasteiger partial charge in [-0.05, 0) is 0 Å². The van der Waals surface area contributed by atoms with Crippen molar-refractivity contribution in [3.05, 3.63) is 153 Å². The normalized spacial score (nSPS) is 18.7. The van der Waals surface area contributed by atoms with Crippen molar-refractivity contribution in [1.29, 1.82) is 0 Å². The van der Waals surface area contributed by atoms with Gasteiger partial charge in [0, 0.05) is 0 Å². The fourth-order valence-corrected chi connectivity index (χ4v) is 39.5. The number of fused-ring (bicyclic) bond motifs is 2. The van der Waals surface area contributed by atoms with Gasteiger partial charge in [-0.3, -0.25) is 0 Å². The van der Waals surface area contributed by atoms with Crippen molar-refractivity contribution in [2.45, 2.75) is 60.9 Å². The molecule has 0 N–H and O–H groups in total. The van der Waals surface area contributed by atoms with Gasteiger partial charge in [-0.1, -0.05) is 0 Å². The summed E-state index contributed by atoms with van der Waals surface area (Å²) in [6, 6.07) is 35.5. The number of allylic oxidation sites excluding steroid dienone is 2. The summed E-state index contributed by atoms with van der Waals surface area (Å²) in [4.78, 5) is 0. The predicted octanol–water partition coefficient (Wildman–Crippen LogP) is 11.7. The first kappa shape index (κ1) is 32.0. The van der Waals surface area contributed by atoms with E-state index in [1.54, 1.807) is 0 Å². The number of benzene rings is 4. The molecule has 0 heterocycles. The summed E-state index contributed by atoms with van der Waals surface area (Å²) < 4.78 is 0.237. The van der Waals surface area contributed by atoms with Crippen molar-refractivity contribution in [1.82, 2.24) is 0 Å². The topological polar surface area (TPSA) is 0 Å². The Morgan fingerprint density at radius 3 is 1.30 bits per heavy atom. The number of hydrogen-bond acceptors (Lipinski definition) is 0. The van der Waals surface area contributed by atoms with Crippen LogP contribution in [0.2, 0.25) is 13.1 Å². The summed E-state index contributed by atoms with van der Waals surface area (Å²) >= 11 is -4.80. The maximum absolute atomic E-state index is 8.66. The molecular weight excluding hydrogens is 671 g/mol. The van der Waals surface area contributed by atoms with Gasteiger partial charge < -0.3 is 0 Å². The first-order chi connectivity index (χ1) is 21.0. The molecule has 227 valence electrons. The fourth-order valence-electron chi connectivity index (χ4n) is 7.98. The van der Waals surface area contributed by atoms with Crippen LogP contribution in [-0.4, -0.2) is 5.92 Å². The first-order valence-corrected chi connectivity index (χ1v) is 32.6. The van der Waals surface area contributed by atoms with Crippen LogP contribution in [0, 0.1) is 11.8 Å². The predicted molar refractivity (Wildman–Crippen MR) is 193 cm³/mol. The third-order valence-corrected chi connectivity index (χ3v) is 62.1. The van der Waals surface area contributed by atoms with Crippen LogP contribution in [0.5, 0.6) is 0 Å². The van der Waals surface area contributed by atoms with Gasteiger partial charge in [-0.15, -0.1) is 0 Å². The van der Waals surface area contributed by atoms with Crippen LogP contribution in [0.1, 0.15) is 79.5 Å². The second-order valence-corrected chi connectivity index (χ2v) is 56.5. The van der Waals surface area contributed by atoms with Crippen LogP contribution in [0.4, 0.5) is 0 Å². The quantitative estimate of drug-likeness (QED) is 0.151. The van der Waals surface area contributed by atoms with E-state index in [1.807, 2.05) is 0 Å². The minimum atomic E-state index is -4.80. The van der Waals surface area contributed by atoms with Crippen LogP contribution in [0.25, 0.3) is 12.2 Å². The number of hydrogen-bond donors (Lipinski definition) is 0. The molecule has 0 aliphatic heterocycles. The molecule has 4 aromatic carbocycles. The van der Waals surface area contributed by atoms with E-state index in [1.165, 1.54) is 55.7 Å². The molecule has 0 amide bonds. The van der Waals surface area contributed by atoms with E-state index in [0.29, 0.717) is 11.8 Å². The molecule has 0 spiro atoms. The molecule has 2 aliphatic carbocycles. The molecule has 4 aromatic rings.